The first-order chi connectivity index (χ1) is 4.63. The Kier molecular flexibility index (Phi) is 3.12. The molecule has 0 fully saturated rings. The summed E-state index contributed by atoms with van der Waals surface area (Å²) in [5.41, 5.74) is 0. The summed E-state index contributed by atoms with van der Waals surface area (Å²) >= 11 is 0. The van der Waals surface area contributed by atoms with Crippen LogP contribution in [0.15, 0.2) is 0 Å². The van der Waals surface area contributed by atoms with Crippen LogP contribution < -0.4 is 0 Å². The van der Waals surface area contributed by atoms with E-state index in [9.17, 15) is 9.59 Å². The Labute approximate surface area is 58.1 Å². The van der Waals surface area contributed by atoms with Crippen LogP contribution in [0.2, 0.25) is 0 Å². The third-order valence-corrected chi connectivity index (χ3v) is 1.05. The van der Waals surface area contributed by atoms with E-state index in [4.69, 9.17) is 10.4 Å². The molecule has 10 heavy (non-hydrogen) atoms. The molecule has 0 radical (unpaired) electrons. The number of aliphatic carboxylic acids is 1. The van der Waals surface area contributed by atoms with Gasteiger partial charge in [0, 0.05) is 6.42 Å². The summed E-state index contributed by atoms with van der Waals surface area (Å²) in [5.74, 6) is -3.39. The maximum Gasteiger partial charge on any atom is 0.328 e. The number of nitriles is 1. The standard InChI is InChI=1S/C6H7NO3/c1-2-5(8)4(3-7)6(9)10/h4H,2H2,1H3,(H,9,10). The van der Waals surface area contributed by atoms with Crippen LogP contribution in [0.5, 0.6) is 0 Å². The van der Waals surface area contributed by atoms with E-state index in [-0.39, 0.29) is 6.42 Å². The van der Waals surface area contributed by atoms with Crippen molar-refractivity contribution in [2.45, 2.75) is 13.3 Å². The Hall–Kier alpha value is -1.37. The van der Waals surface area contributed by atoms with E-state index in [0.29, 0.717) is 0 Å². The number of carbonyl (C=O) groups is 2. The Morgan fingerprint density at radius 1 is 1.70 bits per heavy atom. The SMILES string of the molecule is CCC(=O)C(C#N)C(=O)O. The highest BCUT2D eigenvalue weighted by Gasteiger charge is 2.23. The zero-order chi connectivity index (χ0) is 8.15. The van der Waals surface area contributed by atoms with Crippen molar-refractivity contribution in [3.8, 4) is 6.07 Å². The monoisotopic (exact) mass is 141 g/mol. The van der Waals surface area contributed by atoms with Gasteiger partial charge in [-0.3, -0.25) is 9.59 Å². The van der Waals surface area contributed by atoms with Crippen molar-refractivity contribution in [3.63, 3.8) is 0 Å². The van der Waals surface area contributed by atoms with E-state index < -0.39 is 17.7 Å². The minimum Gasteiger partial charge on any atom is -0.480 e. The molecule has 0 bridgehead atoms. The van der Waals surface area contributed by atoms with Gasteiger partial charge in [-0.25, -0.2) is 0 Å². The van der Waals surface area contributed by atoms with Gasteiger partial charge in [0.25, 0.3) is 0 Å². The van der Waals surface area contributed by atoms with Gasteiger partial charge in [-0.1, -0.05) is 6.92 Å². The quantitative estimate of drug-likeness (QED) is 0.569. The van der Waals surface area contributed by atoms with Gasteiger partial charge >= 0.3 is 5.97 Å². The lowest BCUT2D eigenvalue weighted by molar-refractivity contribution is -0.143. The Balaban J connectivity index is 4.25. The molecule has 0 aliphatic carbocycles. The number of hydrogen-bond donors (Lipinski definition) is 1. The average molecular weight is 141 g/mol. The summed E-state index contributed by atoms with van der Waals surface area (Å²) in [6.07, 6.45) is 0.0878. The van der Waals surface area contributed by atoms with Crippen LogP contribution >= 0.6 is 0 Å². The second-order valence-electron chi connectivity index (χ2n) is 1.72. The molecule has 0 aromatic rings. The van der Waals surface area contributed by atoms with Gasteiger partial charge in [-0.15, -0.1) is 0 Å². The van der Waals surface area contributed by atoms with Crippen LogP contribution in [0.25, 0.3) is 0 Å². The lowest BCUT2D eigenvalue weighted by Crippen LogP contribution is -2.20. The van der Waals surface area contributed by atoms with Gasteiger partial charge in [0.15, 0.2) is 5.78 Å². The van der Waals surface area contributed by atoms with E-state index >= 15 is 0 Å². The largest absolute Gasteiger partial charge is 0.480 e. The maximum absolute atomic E-state index is 10.6. The lowest BCUT2D eigenvalue weighted by atomic mass is 10.1. The lowest BCUT2D eigenvalue weighted by Gasteiger charge is -1.97. The topological polar surface area (TPSA) is 78.2 Å². The van der Waals surface area contributed by atoms with E-state index in [1.807, 2.05) is 0 Å². The molecule has 0 saturated heterocycles. The normalized spacial score (nSPS) is 11.6. The first kappa shape index (κ1) is 8.63. The molecular formula is C6H7NO3. The predicted molar refractivity (Wildman–Crippen MR) is 32.0 cm³/mol. The van der Waals surface area contributed by atoms with Crippen molar-refractivity contribution >= 4 is 11.8 Å². The summed E-state index contributed by atoms with van der Waals surface area (Å²) in [5, 5.41) is 16.4. The summed E-state index contributed by atoms with van der Waals surface area (Å²) in [6, 6.07) is 1.40. The van der Waals surface area contributed by atoms with Gasteiger partial charge in [-0.05, 0) is 0 Å². The number of carboxylic acid groups (broad SMARTS) is 1. The van der Waals surface area contributed by atoms with E-state index in [1.54, 1.807) is 0 Å². The number of nitrogens with zero attached hydrogens (tertiary/aromatic N) is 1. The minimum absolute atomic E-state index is 0.0878. The zero-order valence-electron chi connectivity index (χ0n) is 5.50. The predicted octanol–water partition coefficient (Wildman–Crippen LogP) is 0.190. The van der Waals surface area contributed by atoms with Crippen molar-refractivity contribution in [2.75, 3.05) is 0 Å². The fraction of sp³-hybridized carbons (Fsp3) is 0.500. The fourth-order valence-electron chi connectivity index (χ4n) is 0.469. The Bertz CT molecular complexity index is 192. The molecule has 1 atom stereocenters. The molecule has 0 amide bonds. The van der Waals surface area contributed by atoms with Gasteiger partial charge in [-0.2, -0.15) is 5.26 Å². The molecule has 0 heterocycles. The molecule has 0 aromatic heterocycles. The number of carbonyl (C=O) groups excluding carboxylic acids is 1. The number of carboxylic acids is 1. The number of rotatable bonds is 3. The third-order valence-electron chi connectivity index (χ3n) is 1.05. The van der Waals surface area contributed by atoms with Crippen molar-refractivity contribution in [2.24, 2.45) is 5.92 Å². The number of ketones is 1. The molecule has 0 rings (SSSR count). The molecule has 0 aliphatic rings. The van der Waals surface area contributed by atoms with Gasteiger partial charge in [0.1, 0.15) is 0 Å². The molecule has 0 saturated carbocycles. The second kappa shape index (κ2) is 3.62. The van der Waals surface area contributed by atoms with Crippen molar-refractivity contribution < 1.29 is 14.7 Å². The van der Waals surface area contributed by atoms with Gasteiger partial charge < -0.3 is 5.11 Å². The van der Waals surface area contributed by atoms with Gasteiger partial charge in [0.2, 0.25) is 5.92 Å². The van der Waals surface area contributed by atoms with Gasteiger partial charge in [0.05, 0.1) is 6.07 Å². The molecule has 4 nitrogen and oxygen atoms in total. The highest BCUT2D eigenvalue weighted by atomic mass is 16.4. The smallest absolute Gasteiger partial charge is 0.328 e. The molecule has 54 valence electrons. The molecule has 0 aliphatic heterocycles. The maximum atomic E-state index is 10.6. The fourth-order valence-corrected chi connectivity index (χ4v) is 0.469. The summed E-state index contributed by atoms with van der Waals surface area (Å²) in [7, 11) is 0. The van der Waals surface area contributed by atoms with Crippen LogP contribution in [0.3, 0.4) is 0 Å². The molecular weight excluding hydrogens is 134 g/mol. The Morgan fingerprint density at radius 3 is 2.30 bits per heavy atom. The van der Waals surface area contributed by atoms with Crippen molar-refractivity contribution in [1.82, 2.24) is 0 Å². The third kappa shape index (κ3) is 1.86. The average Bonchev–Trinajstić information content (AvgIpc) is 1.88. The summed E-state index contributed by atoms with van der Waals surface area (Å²) < 4.78 is 0. The molecule has 0 aromatic carbocycles. The second-order valence-corrected chi connectivity index (χ2v) is 1.72. The van der Waals surface area contributed by atoms with E-state index in [2.05, 4.69) is 0 Å². The van der Waals surface area contributed by atoms with Crippen LogP contribution in [0.4, 0.5) is 0 Å². The highest BCUT2D eigenvalue weighted by molar-refractivity contribution is 6.00. The summed E-state index contributed by atoms with van der Waals surface area (Å²) in [6.45, 7) is 1.52. The highest BCUT2D eigenvalue weighted by Crippen LogP contribution is 1.99. The zero-order valence-corrected chi connectivity index (χ0v) is 5.50. The molecule has 0 spiro atoms. The van der Waals surface area contributed by atoms with Crippen LogP contribution in [0.1, 0.15) is 13.3 Å². The number of hydrogen-bond acceptors (Lipinski definition) is 3. The van der Waals surface area contributed by atoms with E-state index in [0.717, 1.165) is 0 Å². The Morgan fingerprint density at radius 2 is 2.20 bits per heavy atom. The minimum atomic E-state index is -1.48. The van der Waals surface area contributed by atoms with Crippen molar-refractivity contribution in [1.29, 1.82) is 5.26 Å². The number of Topliss-reactive ketones (excluding diaryl/α,β-unsaturated/α-hetero) is 1. The molecule has 4 heteroatoms. The van der Waals surface area contributed by atoms with Crippen molar-refractivity contribution in [3.05, 3.63) is 0 Å². The van der Waals surface area contributed by atoms with E-state index in [1.165, 1.54) is 13.0 Å². The molecule has 1 N–H and O–H groups in total. The molecule has 1 unspecified atom stereocenters. The first-order valence-electron chi connectivity index (χ1n) is 2.78. The summed E-state index contributed by atoms with van der Waals surface area (Å²) in [4.78, 5) is 20.7. The van der Waals surface area contributed by atoms with Crippen LogP contribution in [-0.4, -0.2) is 16.9 Å². The van der Waals surface area contributed by atoms with Crippen LogP contribution in [0, 0.1) is 17.2 Å². The first-order valence-corrected chi connectivity index (χ1v) is 2.78. The van der Waals surface area contributed by atoms with Crippen LogP contribution in [-0.2, 0) is 9.59 Å².